The maximum absolute atomic E-state index is 12.3. The number of esters is 1. The van der Waals surface area contributed by atoms with Crippen LogP contribution in [-0.2, 0) is 14.3 Å². The van der Waals surface area contributed by atoms with Crippen molar-refractivity contribution in [2.75, 3.05) is 25.1 Å². The summed E-state index contributed by atoms with van der Waals surface area (Å²) < 4.78 is 18.1. The maximum Gasteiger partial charge on any atom is 0.306 e. The summed E-state index contributed by atoms with van der Waals surface area (Å²) in [6.45, 7) is 6.11. The number of aromatic nitrogens is 2. The summed E-state index contributed by atoms with van der Waals surface area (Å²) in [5, 5.41) is 7.29. The molecule has 0 saturated carbocycles. The van der Waals surface area contributed by atoms with Crippen LogP contribution in [0.5, 0.6) is 11.5 Å². The van der Waals surface area contributed by atoms with E-state index in [0.717, 1.165) is 11.4 Å². The lowest BCUT2D eigenvalue weighted by atomic mass is 10.3. The van der Waals surface area contributed by atoms with Gasteiger partial charge in [-0.15, -0.1) is 0 Å². The molecule has 33 heavy (non-hydrogen) atoms. The normalized spacial score (nSPS) is 10.5. The number of ether oxygens (including phenoxy) is 3. The molecule has 0 bridgehead atoms. The number of carbonyl (C=O) groups excluding carboxylic acids is 2. The third-order valence-electron chi connectivity index (χ3n) is 4.85. The summed E-state index contributed by atoms with van der Waals surface area (Å²) in [5.74, 6) is 0.429. The molecular formula is C25H29N3O5. The fourth-order valence-corrected chi connectivity index (χ4v) is 3.28. The molecule has 0 aliphatic carbocycles. The van der Waals surface area contributed by atoms with Crippen LogP contribution in [0.2, 0.25) is 0 Å². The molecule has 1 aromatic heterocycles. The largest absolute Gasteiger partial charge is 0.490 e. The van der Waals surface area contributed by atoms with Gasteiger partial charge in [0.25, 0.3) is 5.91 Å². The molecule has 174 valence electrons. The highest BCUT2D eigenvalue weighted by Gasteiger charge is 2.16. The van der Waals surface area contributed by atoms with Crippen LogP contribution in [0.1, 0.15) is 31.2 Å². The lowest BCUT2D eigenvalue weighted by molar-refractivity contribution is -0.147. The van der Waals surface area contributed by atoms with E-state index in [-0.39, 0.29) is 13.0 Å². The molecule has 0 aliphatic rings. The molecule has 1 amide bonds. The maximum atomic E-state index is 12.3. The van der Waals surface area contributed by atoms with E-state index in [4.69, 9.17) is 14.2 Å². The molecule has 8 nitrogen and oxygen atoms in total. The molecule has 0 spiro atoms. The van der Waals surface area contributed by atoms with E-state index in [2.05, 4.69) is 10.4 Å². The van der Waals surface area contributed by atoms with Crippen molar-refractivity contribution < 1.29 is 23.8 Å². The van der Waals surface area contributed by atoms with Crippen molar-refractivity contribution in [2.45, 2.75) is 33.6 Å². The Kier molecular flexibility index (Phi) is 8.46. The average Bonchev–Trinajstić information content (AvgIpc) is 3.10. The van der Waals surface area contributed by atoms with Gasteiger partial charge < -0.3 is 19.5 Å². The third kappa shape index (κ3) is 6.58. The van der Waals surface area contributed by atoms with Gasteiger partial charge in [0.1, 0.15) is 0 Å². The second-order valence-electron chi connectivity index (χ2n) is 7.33. The number of aryl methyl sites for hydroxylation is 1. The Labute approximate surface area is 193 Å². The molecular weight excluding hydrogens is 422 g/mol. The summed E-state index contributed by atoms with van der Waals surface area (Å²) in [6, 6.07) is 17.0. The molecule has 3 aromatic rings. The SMILES string of the molecule is CCOc1ccccc1OCCCC(=O)OCC(=O)Nc1c(C)nn(-c2ccccc2)c1C. The van der Waals surface area contributed by atoms with E-state index < -0.39 is 11.9 Å². The zero-order valence-electron chi connectivity index (χ0n) is 19.2. The van der Waals surface area contributed by atoms with E-state index in [0.29, 0.717) is 42.5 Å². The van der Waals surface area contributed by atoms with Gasteiger partial charge in [-0.25, -0.2) is 4.68 Å². The number of rotatable bonds is 11. The predicted molar refractivity (Wildman–Crippen MR) is 125 cm³/mol. The molecule has 0 atom stereocenters. The molecule has 0 saturated heterocycles. The Balaban J connectivity index is 1.42. The molecule has 1 heterocycles. The van der Waals surface area contributed by atoms with Crippen LogP contribution in [0.15, 0.2) is 54.6 Å². The van der Waals surface area contributed by atoms with Crippen molar-refractivity contribution in [3.63, 3.8) is 0 Å². The quantitative estimate of drug-likeness (QED) is 0.347. The van der Waals surface area contributed by atoms with Crippen LogP contribution in [0.3, 0.4) is 0 Å². The van der Waals surface area contributed by atoms with Gasteiger partial charge in [0.05, 0.1) is 36.0 Å². The molecule has 8 heteroatoms. The van der Waals surface area contributed by atoms with Crippen LogP contribution in [0.25, 0.3) is 5.69 Å². The first-order chi connectivity index (χ1) is 16.0. The Morgan fingerprint density at radius 2 is 1.64 bits per heavy atom. The first-order valence-corrected chi connectivity index (χ1v) is 10.9. The molecule has 2 aromatic carbocycles. The van der Waals surface area contributed by atoms with Crippen LogP contribution >= 0.6 is 0 Å². The highest BCUT2D eigenvalue weighted by molar-refractivity contribution is 5.93. The first kappa shape index (κ1) is 23.8. The highest BCUT2D eigenvalue weighted by Crippen LogP contribution is 2.26. The number of benzene rings is 2. The van der Waals surface area contributed by atoms with Crippen molar-refractivity contribution in [3.8, 4) is 17.2 Å². The van der Waals surface area contributed by atoms with Crippen molar-refractivity contribution in [2.24, 2.45) is 0 Å². The van der Waals surface area contributed by atoms with Gasteiger partial charge >= 0.3 is 5.97 Å². The first-order valence-electron chi connectivity index (χ1n) is 10.9. The van der Waals surface area contributed by atoms with E-state index in [1.54, 1.807) is 4.68 Å². The van der Waals surface area contributed by atoms with Crippen LogP contribution in [0.4, 0.5) is 5.69 Å². The lowest BCUT2D eigenvalue weighted by Gasteiger charge is -2.11. The van der Waals surface area contributed by atoms with Crippen molar-refractivity contribution in [1.82, 2.24) is 9.78 Å². The standard InChI is InChI=1S/C25H29N3O5/c1-4-31-21-13-8-9-14-22(21)32-16-10-15-24(30)33-17-23(29)26-25-18(2)27-28(19(25)3)20-11-6-5-7-12-20/h5-9,11-14H,4,10,15-17H2,1-3H3,(H,26,29). The van der Waals surface area contributed by atoms with Crippen molar-refractivity contribution >= 4 is 17.6 Å². The van der Waals surface area contributed by atoms with Crippen molar-refractivity contribution in [1.29, 1.82) is 0 Å². The Hall–Kier alpha value is -3.81. The lowest BCUT2D eigenvalue weighted by Crippen LogP contribution is -2.21. The third-order valence-corrected chi connectivity index (χ3v) is 4.85. The predicted octanol–water partition coefficient (Wildman–Crippen LogP) is 4.23. The second-order valence-corrected chi connectivity index (χ2v) is 7.33. The Morgan fingerprint density at radius 3 is 2.33 bits per heavy atom. The molecule has 3 rings (SSSR count). The summed E-state index contributed by atoms with van der Waals surface area (Å²) in [7, 11) is 0. The summed E-state index contributed by atoms with van der Waals surface area (Å²) in [4.78, 5) is 24.3. The minimum atomic E-state index is -0.458. The van der Waals surface area contributed by atoms with Crippen LogP contribution in [-0.4, -0.2) is 41.5 Å². The molecule has 1 N–H and O–H groups in total. The number of hydrogen-bond acceptors (Lipinski definition) is 6. The highest BCUT2D eigenvalue weighted by atomic mass is 16.5. The van der Waals surface area contributed by atoms with E-state index in [9.17, 15) is 9.59 Å². The second kappa shape index (κ2) is 11.7. The number of amides is 1. The van der Waals surface area contributed by atoms with Crippen LogP contribution < -0.4 is 14.8 Å². The number of carbonyl (C=O) groups is 2. The van der Waals surface area contributed by atoms with Gasteiger partial charge in [0, 0.05) is 6.42 Å². The number of nitrogens with zero attached hydrogens (tertiary/aromatic N) is 2. The van der Waals surface area contributed by atoms with Gasteiger partial charge in [-0.1, -0.05) is 30.3 Å². The molecule has 0 unspecified atom stereocenters. The zero-order chi connectivity index (χ0) is 23.6. The van der Waals surface area contributed by atoms with Crippen molar-refractivity contribution in [3.05, 3.63) is 66.0 Å². The monoisotopic (exact) mass is 451 g/mol. The minimum Gasteiger partial charge on any atom is -0.490 e. The van der Waals surface area contributed by atoms with Gasteiger partial charge in [-0.05, 0) is 51.5 Å². The number of hydrogen-bond donors (Lipinski definition) is 1. The Bertz CT molecular complexity index is 1080. The van der Waals surface area contributed by atoms with Gasteiger partial charge in [0.2, 0.25) is 0 Å². The fourth-order valence-electron chi connectivity index (χ4n) is 3.28. The molecule has 0 radical (unpaired) electrons. The summed E-state index contributed by atoms with van der Waals surface area (Å²) in [5.41, 5.74) is 2.99. The summed E-state index contributed by atoms with van der Waals surface area (Å²) >= 11 is 0. The van der Waals surface area contributed by atoms with Crippen LogP contribution in [0, 0.1) is 13.8 Å². The van der Waals surface area contributed by atoms with Gasteiger partial charge in [-0.2, -0.15) is 5.10 Å². The number of anilines is 1. The topological polar surface area (TPSA) is 91.7 Å². The smallest absolute Gasteiger partial charge is 0.306 e. The van der Waals surface area contributed by atoms with E-state index in [1.807, 2.05) is 75.4 Å². The zero-order valence-corrected chi connectivity index (χ0v) is 19.2. The van der Waals surface area contributed by atoms with Gasteiger partial charge in [0.15, 0.2) is 18.1 Å². The Morgan fingerprint density at radius 1 is 0.970 bits per heavy atom. The average molecular weight is 452 g/mol. The van der Waals surface area contributed by atoms with E-state index in [1.165, 1.54) is 0 Å². The van der Waals surface area contributed by atoms with Gasteiger partial charge in [-0.3, -0.25) is 9.59 Å². The molecule has 0 aliphatic heterocycles. The number of nitrogens with one attached hydrogen (secondary N) is 1. The molecule has 0 fully saturated rings. The minimum absolute atomic E-state index is 0.147. The fraction of sp³-hybridized carbons (Fsp3) is 0.320. The summed E-state index contributed by atoms with van der Waals surface area (Å²) in [6.07, 6.45) is 0.608. The van der Waals surface area contributed by atoms with E-state index >= 15 is 0 Å². The number of para-hydroxylation sites is 3.